The average molecular weight is 339 g/mol. The molecule has 1 aromatic carbocycles. The van der Waals surface area contributed by atoms with E-state index >= 15 is 0 Å². The van der Waals surface area contributed by atoms with Crippen LogP contribution in [0.15, 0.2) is 42.9 Å². The molecule has 0 aliphatic carbocycles. The number of nitrogens with zero attached hydrogens (tertiary/aromatic N) is 3. The highest BCUT2D eigenvalue weighted by molar-refractivity contribution is 5.36. The molecule has 2 aromatic rings. The van der Waals surface area contributed by atoms with Crippen molar-refractivity contribution in [2.24, 2.45) is 5.41 Å². The lowest BCUT2D eigenvalue weighted by Gasteiger charge is -2.42. The molecule has 0 N–H and O–H groups in total. The van der Waals surface area contributed by atoms with Crippen molar-refractivity contribution >= 4 is 5.82 Å². The zero-order valence-corrected chi connectivity index (χ0v) is 14.7. The highest BCUT2D eigenvalue weighted by Gasteiger charge is 2.45. The number of hydrogen-bond donors (Lipinski definition) is 0. The molecule has 2 saturated heterocycles. The van der Waals surface area contributed by atoms with Gasteiger partial charge in [0.2, 0.25) is 0 Å². The lowest BCUT2D eigenvalue weighted by Crippen LogP contribution is -2.45. The van der Waals surface area contributed by atoms with E-state index in [0.29, 0.717) is 11.5 Å². The SMILES string of the molecule is COc1ccc(C[C@@H]2OCCC23CCN(c2cnccn2)CC3)cc1. The van der Waals surface area contributed by atoms with Crippen LogP contribution in [0.2, 0.25) is 0 Å². The van der Waals surface area contributed by atoms with Gasteiger partial charge in [0, 0.05) is 37.5 Å². The number of ether oxygens (including phenoxy) is 2. The predicted molar refractivity (Wildman–Crippen MR) is 97.0 cm³/mol. The van der Waals surface area contributed by atoms with Crippen LogP contribution in [-0.4, -0.2) is 42.9 Å². The second-order valence-electron chi connectivity index (χ2n) is 7.07. The van der Waals surface area contributed by atoms with Crippen LogP contribution in [-0.2, 0) is 11.2 Å². The Hall–Kier alpha value is -2.14. The van der Waals surface area contributed by atoms with Gasteiger partial charge in [-0.25, -0.2) is 4.98 Å². The second-order valence-corrected chi connectivity index (χ2v) is 7.07. The Bertz CT molecular complexity index is 682. The summed E-state index contributed by atoms with van der Waals surface area (Å²) < 4.78 is 11.4. The Labute approximate surface area is 149 Å². The van der Waals surface area contributed by atoms with Crippen molar-refractivity contribution in [3.63, 3.8) is 0 Å². The first kappa shape index (κ1) is 16.3. The molecule has 3 heterocycles. The van der Waals surface area contributed by atoms with Gasteiger partial charge in [-0.3, -0.25) is 4.98 Å². The van der Waals surface area contributed by atoms with E-state index in [4.69, 9.17) is 9.47 Å². The number of piperidine rings is 1. The standard InChI is InChI=1S/C20H25N3O2/c1-24-17-4-2-16(3-5-17)14-18-20(8-13-25-18)6-11-23(12-7-20)19-15-21-9-10-22-19/h2-5,9-10,15,18H,6-8,11-14H2,1H3/t18-/m0/s1. The maximum absolute atomic E-state index is 6.17. The summed E-state index contributed by atoms with van der Waals surface area (Å²) in [5, 5.41) is 0. The highest BCUT2D eigenvalue weighted by atomic mass is 16.5. The molecule has 0 saturated carbocycles. The third kappa shape index (κ3) is 3.33. The van der Waals surface area contributed by atoms with Gasteiger partial charge in [0.15, 0.2) is 0 Å². The Kier molecular flexibility index (Phi) is 4.57. The number of hydrogen-bond acceptors (Lipinski definition) is 5. The molecule has 2 aliphatic heterocycles. The van der Waals surface area contributed by atoms with Crippen LogP contribution >= 0.6 is 0 Å². The summed E-state index contributed by atoms with van der Waals surface area (Å²) in [4.78, 5) is 11.0. The predicted octanol–water partition coefficient (Wildman–Crippen LogP) is 3.10. The summed E-state index contributed by atoms with van der Waals surface area (Å²) >= 11 is 0. The van der Waals surface area contributed by atoms with E-state index in [1.807, 2.05) is 18.3 Å². The van der Waals surface area contributed by atoms with Gasteiger partial charge >= 0.3 is 0 Å². The normalized spacial score (nSPS) is 22.3. The molecule has 2 aliphatic rings. The van der Waals surface area contributed by atoms with Gasteiger partial charge in [0.1, 0.15) is 11.6 Å². The summed E-state index contributed by atoms with van der Waals surface area (Å²) in [6.45, 7) is 2.94. The van der Waals surface area contributed by atoms with E-state index in [2.05, 4.69) is 27.0 Å². The zero-order chi connectivity index (χ0) is 17.1. The van der Waals surface area contributed by atoms with Crippen molar-refractivity contribution < 1.29 is 9.47 Å². The monoisotopic (exact) mass is 339 g/mol. The maximum atomic E-state index is 6.17. The van der Waals surface area contributed by atoms with Crippen LogP contribution < -0.4 is 9.64 Å². The molecule has 2 fully saturated rings. The molecular formula is C20H25N3O2. The summed E-state index contributed by atoms with van der Waals surface area (Å²) in [5.74, 6) is 1.89. The van der Waals surface area contributed by atoms with E-state index in [-0.39, 0.29) is 0 Å². The molecule has 0 radical (unpaired) electrons. The van der Waals surface area contributed by atoms with Crippen molar-refractivity contribution in [1.82, 2.24) is 9.97 Å². The molecule has 132 valence electrons. The van der Waals surface area contributed by atoms with Crippen molar-refractivity contribution in [1.29, 1.82) is 0 Å². The Balaban J connectivity index is 1.42. The van der Waals surface area contributed by atoms with E-state index in [1.165, 1.54) is 12.0 Å². The Morgan fingerprint density at radius 2 is 1.96 bits per heavy atom. The van der Waals surface area contributed by atoms with Crippen LogP contribution in [0.4, 0.5) is 5.82 Å². The van der Waals surface area contributed by atoms with E-state index in [1.54, 1.807) is 19.5 Å². The van der Waals surface area contributed by atoms with Gasteiger partial charge < -0.3 is 14.4 Å². The quantitative estimate of drug-likeness (QED) is 0.856. The van der Waals surface area contributed by atoms with Crippen molar-refractivity contribution in [2.75, 3.05) is 31.7 Å². The first-order chi connectivity index (χ1) is 12.3. The van der Waals surface area contributed by atoms with Crippen molar-refractivity contribution in [2.45, 2.75) is 31.8 Å². The van der Waals surface area contributed by atoms with Crippen molar-refractivity contribution in [3.8, 4) is 5.75 Å². The fraction of sp³-hybridized carbons (Fsp3) is 0.500. The molecule has 1 atom stereocenters. The Morgan fingerprint density at radius 1 is 1.16 bits per heavy atom. The molecule has 4 rings (SSSR count). The lowest BCUT2D eigenvalue weighted by molar-refractivity contribution is 0.0357. The minimum Gasteiger partial charge on any atom is -0.497 e. The second kappa shape index (κ2) is 7.00. The van der Waals surface area contributed by atoms with Crippen LogP contribution in [0.25, 0.3) is 0 Å². The van der Waals surface area contributed by atoms with E-state index < -0.39 is 0 Å². The molecule has 1 spiro atoms. The zero-order valence-electron chi connectivity index (χ0n) is 14.7. The summed E-state index contributed by atoms with van der Waals surface area (Å²) in [6, 6.07) is 8.38. The van der Waals surface area contributed by atoms with Gasteiger partial charge in [-0.05, 0) is 43.4 Å². The Morgan fingerprint density at radius 3 is 2.64 bits per heavy atom. The minimum absolute atomic E-state index is 0.304. The molecule has 1 aromatic heterocycles. The fourth-order valence-electron chi connectivity index (χ4n) is 4.20. The first-order valence-corrected chi connectivity index (χ1v) is 9.05. The number of rotatable bonds is 4. The van der Waals surface area contributed by atoms with Crippen LogP contribution in [0.1, 0.15) is 24.8 Å². The highest BCUT2D eigenvalue weighted by Crippen LogP contribution is 2.45. The van der Waals surface area contributed by atoms with Gasteiger partial charge in [0.25, 0.3) is 0 Å². The molecular weight excluding hydrogens is 314 g/mol. The number of aromatic nitrogens is 2. The third-order valence-corrected chi connectivity index (χ3v) is 5.81. The number of benzene rings is 1. The molecule has 0 amide bonds. The smallest absolute Gasteiger partial charge is 0.147 e. The van der Waals surface area contributed by atoms with Crippen molar-refractivity contribution in [3.05, 3.63) is 48.4 Å². The van der Waals surface area contributed by atoms with Gasteiger partial charge in [-0.15, -0.1) is 0 Å². The van der Waals surface area contributed by atoms with Crippen LogP contribution in [0, 0.1) is 5.41 Å². The van der Waals surface area contributed by atoms with Gasteiger partial charge in [-0.1, -0.05) is 12.1 Å². The number of anilines is 1. The average Bonchev–Trinajstić information content (AvgIpc) is 3.05. The molecule has 5 nitrogen and oxygen atoms in total. The molecule has 0 bridgehead atoms. The summed E-state index contributed by atoms with van der Waals surface area (Å²) in [7, 11) is 1.70. The summed E-state index contributed by atoms with van der Waals surface area (Å²) in [5.41, 5.74) is 1.63. The molecule has 0 unspecified atom stereocenters. The number of methoxy groups -OCH3 is 1. The minimum atomic E-state index is 0.304. The fourth-order valence-corrected chi connectivity index (χ4v) is 4.20. The van der Waals surface area contributed by atoms with E-state index in [9.17, 15) is 0 Å². The van der Waals surface area contributed by atoms with Crippen LogP contribution in [0.3, 0.4) is 0 Å². The molecule has 25 heavy (non-hydrogen) atoms. The van der Waals surface area contributed by atoms with E-state index in [0.717, 1.165) is 50.5 Å². The van der Waals surface area contributed by atoms with Gasteiger partial charge in [0.05, 0.1) is 19.4 Å². The molecule has 5 heteroatoms. The van der Waals surface area contributed by atoms with Gasteiger partial charge in [-0.2, -0.15) is 0 Å². The topological polar surface area (TPSA) is 47.5 Å². The summed E-state index contributed by atoms with van der Waals surface area (Å²) in [6.07, 6.45) is 10.1. The third-order valence-electron chi connectivity index (χ3n) is 5.81. The van der Waals surface area contributed by atoms with Crippen LogP contribution in [0.5, 0.6) is 5.75 Å². The largest absolute Gasteiger partial charge is 0.497 e. The first-order valence-electron chi connectivity index (χ1n) is 9.05. The lowest BCUT2D eigenvalue weighted by atomic mass is 9.71. The maximum Gasteiger partial charge on any atom is 0.147 e.